The van der Waals surface area contributed by atoms with E-state index in [1.165, 1.54) is 29.8 Å². The predicted octanol–water partition coefficient (Wildman–Crippen LogP) is 3.95. The van der Waals surface area contributed by atoms with Crippen LogP contribution in [0.3, 0.4) is 0 Å². The van der Waals surface area contributed by atoms with Gasteiger partial charge in [-0.15, -0.1) is 0 Å². The van der Waals surface area contributed by atoms with Gasteiger partial charge in [0.2, 0.25) is 0 Å². The van der Waals surface area contributed by atoms with Gasteiger partial charge in [-0.1, -0.05) is 18.2 Å². The van der Waals surface area contributed by atoms with Gasteiger partial charge in [-0.2, -0.15) is 0 Å². The number of nitrogens with one attached hydrogen (secondary N) is 1. The van der Waals surface area contributed by atoms with E-state index in [1.807, 2.05) is 24.4 Å². The molecular weight excluding hydrogens is 251 g/mol. The highest BCUT2D eigenvalue weighted by Gasteiger charge is 2.22. The maximum atomic E-state index is 13.0. The third kappa shape index (κ3) is 2.73. The molecule has 1 heterocycles. The number of nitrogens with zero attached hydrogens (tertiary/aromatic N) is 1. The number of aryl methyl sites for hydroxylation is 1. The van der Waals surface area contributed by atoms with E-state index in [4.69, 9.17) is 0 Å². The monoisotopic (exact) mass is 270 g/mol. The third-order valence-corrected chi connectivity index (χ3v) is 4.02. The molecule has 0 radical (unpaired) electrons. The maximum absolute atomic E-state index is 13.0. The fraction of sp³-hybridized carbons (Fsp3) is 0.353. The first-order valence-corrected chi connectivity index (χ1v) is 7.19. The molecule has 2 aromatic rings. The second-order valence-corrected chi connectivity index (χ2v) is 5.43. The van der Waals surface area contributed by atoms with E-state index in [-0.39, 0.29) is 11.9 Å². The molecule has 1 aromatic heterocycles. The molecule has 0 bridgehead atoms. The lowest BCUT2D eigenvalue weighted by molar-refractivity contribution is 0.406. The number of rotatable bonds is 3. The van der Waals surface area contributed by atoms with Gasteiger partial charge in [-0.25, -0.2) is 4.39 Å². The molecule has 20 heavy (non-hydrogen) atoms. The van der Waals surface area contributed by atoms with Gasteiger partial charge in [0.15, 0.2) is 0 Å². The molecular formula is C17H19FN2. The van der Waals surface area contributed by atoms with Crippen molar-refractivity contribution in [1.29, 1.82) is 0 Å². The Kier molecular flexibility index (Phi) is 3.79. The number of halogens is 1. The minimum absolute atomic E-state index is 0.188. The van der Waals surface area contributed by atoms with Crippen LogP contribution in [-0.2, 0) is 6.42 Å². The summed E-state index contributed by atoms with van der Waals surface area (Å²) in [6.07, 6.45) is 5.27. The summed E-state index contributed by atoms with van der Waals surface area (Å²) in [5.74, 6) is -0.189. The number of benzene rings is 1. The summed E-state index contributed by atoms with van der Waals surface area (Å²) >= 11 is 0. The van der Waals surface area contributed by atoms with Crippen molar-refractivity contribution in [1.82, 2.24) is 10.3 Å². The largest absolute Gasteiger partial charge is 0.302 e. The molecule has 3 heteroatoms. The Morgan fingerprint density at radius 3 is 2.85 bits per heavy atom. The molecule has 2 atom stereocenters. The predicted molar refractivity (Wildman–Crippen MR) is 77.9 cm³/mol. The van der Waals surface area contributed by atoms with Crippen molar-refractivity contribution in [2.75, 3.05) is 0 Å². The molecule has 2 nitrogen and oxygen atoms in total. The molecule has 1 unspecified atom stereocenters. The quantitative estimate of drug-likeness (QED) is 0.913. The zero-order chi connectivity index (χ0) is 13.9. The lowest BCUT2D eigenvalue weighted by atomic mass is 9.91. The lowest BCUT2D eigenvalue weighted by Crippen LogP contribution is -2.28. The summed E-state index contributed by atoms with van der Waals surface area (Å²) in [6.45, 7) is 2.12. The average molecular weight is 270 g/mol. The SMILES string of the molecule is C[C@H](NC1CCCc2cccnc21)c1ccc(F)cc1. The Morgan fingerprint density at radius 2 is 2.05 bits per heavy atom. The second kappa shape index (κ2) is 5.71. The normalized spacial score (nSPS) is 19.4. The highest BCUT2D eigenvalue weighted by atomic mass is 19.1. The van der Waals surface area contributed by atoms with E-state index in [2.05, 4.69) is 23.3 Å². The van der Waals surface area contributed by atoms with E-state index in [9.17, 15) is 4.39 Å². The second-order valence-electron chi connectivity index (χ2n) is 5.43. The number of hydrogen-bond acceptors (Lipinski definition) is 2. The number of fused-ring (bicyclic) bond motifs is 1. The van der Waals surface area contributed by atoms with Crippen LogP contribution in [-0.4, -0.2) is 4.98 Å². The van der Waals surface area contributed by atoms with E-state index in [0.717, 1.165) is 18.4 Å². The summed E-state index contributed by atoms with van der Waals surface area (Å²) in [5.41, 5.74) is 3.63. The van der Waals surface area contributed by atoms with E-state index in [1.54, 1.807) is 0 Å². The summed E-state index contributed by atoms with van der Waals surface area (Å²) in [4.78, 5) is 4.54. The Morgan fingerprint density at radius 1 is 1.25 bits per heavy atom. The van der Waals surface area contributed by atoms with Crippen LogP contribution in [0.15, 0.2) is 42.6 Å². The van der Waals surface area contributed by atoms with E-state index >= 15 is 0 Å². The van der Waals surface area contributed by atoms with E-state index in [0.29, 0.717) is 6.04 Å². The Balaban J connectivity index is 1.77. The van der Waals surface area contributed by atoms with Gasteiger partial charge in [-0.3, -0.25) is 4.98 Å². The fourth-order valence-electron chi connectivity index (χ4n) is 2.92. The number of hydrogen-bond donors (Lipinski definition) is 1. The van der Waals surface area contributed by atoms with Gasteiger partial charge in [0.1, 0.15) is 5.82 Å². The first kappa shape index (κ1) is 13.3. The Labute approximate surface area is 119 Å². The van der Waals surface area contributed by atoms with Crippen molar-refractivity contribution in [3.8, 4) is 0 Å². The average Bonchev–Trinajstić information content (AvgIpc) is 2.48. The van der Waals surface area contributed by atoms with Crippen molar-refractivity contribution in [3.63, 3.8) is 0 Å². The molecule has 0 fully saturated rings. The van der Waals surface area contributed by atoms with Gasteiger partial charge in [0.05, 0.1) is 11.7 Å². The first-order chi connectivity index (χ1) is 9.74. The summed E-state index contributed by atoms with van der Waals surface area (Å²) in [6, 6.07) is 11.4. The van der Waals surface area contributed by atoms with Crippen LogP contribution in [0.25, 0.3) is 0 Å². The lowest BCUT2D eigenvalue weighted by Gasteiger charge is -2.28. The zero-order valence-electron chi connectivity index (χ0n) is 11.6. The molecule has 0 saturated carbocycles. The fourth-order valence-corrected chi connectivity index (χ4v) is 2.92. The van der Waals surface area contributed by atoms with E-state index < -0.39 is 0 Å². The van der Waals surface area contributed by atoms with Crippen LogP contribution in [0, 0.1) is 5.82 Å². The summed E-state index contributed by atoms with van der Waals surface area (Å²) < 4.78 is 13.0. The highest BCUT2D eigenvalue weighted by molar-refractivity contribution is 5.26. The Hall–Kier alpha value is -1.74. The molecule has 0 amide bonds. The van der Waals surface area contributed by atoms with Crippen LogP contribution >= 0.6 is 0 Å². The molecule has 1 aliphatic rings. The molecule has 1 N–H and O–H groups in total. The molecule has 3 rings (SSSR count). The molecule has 0 spiro atoms. The van der Waals surface area contributed by atoms with Crippen molar-refractivity contribution in [3.05, 3.63) is 65.2 Å². The zero-order valence-corrected chi connectivity index (χ0v) is 11.6. The molecule has 0 saturated heterocycles. The van der Waals surface area contributed by atoms with Crippen LogP contribution in [0.5, 0.6) is 0 Å². The minimum atomic E-state index is -0.189. The Bertz CT molecular complexity index is 580. The summed E-state index contributed by atoms with van der Waals surface area (Å²) in [5, 5.41) is 3.63. The van der Waals surface area contributed by atoms with Gasteiger partial charge < -0.3 is 5.32 Å². The standard InChI is InChI=1S/C17H19FN2/c1-12(13-7-9-15(18)10-8-13)20-16-6-2-4-14-5-3-11-19-17(14)16/h3,5,7-12,16,20H,2,4,6H2,1H3/t12-,16?/m0/s1. The highest BCUT2D eigenvalue weighted by Crippen LogP contribution is 2.30. The van der Waals surface area contributed by atoms with Gasteiger partial charge >= 0.3 is 0 Å². The van der Waals surface area contributed by atoms with Crippen LogP contribution in [0.1, 0.15) is 48.7 Å². The van der Waals surface area contributed by atoms with Gasteiger partial charge in [0, 0.05) is 12.2 Å². The molecule has 0 aliphatic heterocycles. The molecule has 1 aliphatic carbocycles. The van der Waals surface area contributed by atoms with Crippen molar-refractivity contribution >= 4 is 0 Å². The van der Waals surface area contributed by atoms with Crippen LogP contribution in [0.2, 0.25) is 0 Å². The maximum Gasteiger partial charge on any atom is 0.123 e. The van der Waals surface area contributed by atoms with Crippen molar-refractivity contribution < 1.29 is 4.39 Å². The van der Waals surface area contributed by atoms with Gasteiger partial charge in [0.25, 0.3) is 0 Å². The topological polar surface area (TPSA) is 24.9 Å². The first-order valence-electron chi connectivity index (χ1n) is 7.19. The number of aromatic nitrogens is 1. The third-order valence-electron chi connectivity index (χ3n) is 4.02. The molecule has 104 valence electrons. The van der Waals surface area contributed by atoms with Crippen LogP contribution < -0.4 is 5.32 Å². The van der Waals surface area contributed by atoms with Gasteiger partial charge in [-0.05, 0) is 55.5 Å². The smallest absolute Gasteiger partial charge is 0.123 e. The van der Waals surface area contributed by atoms with Crippen molar-refractivity contribution in [2.24, 2.45) is 0 Å². The minimum Gasteiger partial charge on any atom is -0.302 e. The number of pyridine rings is 1. The van der Waals surface area contributed by atoms with Crippen LogP contribution in [0.4, 0.5) is 4.39 Å². The molecule has 1 aromatic carbocycles. The van der Waals surface area contributed by atoms with Crippen molar-refractivity contribution in [2.45, 2.75) is 38.3 Å². The summed E-state index contributed by atoms with van der Waals surface area (Å²) in [7, 11) is 0.